The van der Waals surface area contributed by atoms with Gasteiger partial charge in [0.2, 0.25) is 0 Å². The third-order valence-electron chi connectivity index (χ3n) is 4.24. The van der Waals surface area contributed by atoms with E-state index in [-0.39, 0.29) is 5.60 Å². The van der Waals surface area contributed by atoms with Gasteiger partial charge in [0.1, 0.15) is 0 Å². The van der Waals surface area contributed by atoms with Crippen LogP contribution in [0.3, 0.4) is 0 Å². The van der Waals surface area contributed by atoms with Gasteiger partial charge in [-0.15, -0.1) is 0 Å². The molecule has 2 fully saturated rings. The van der Waals surface area contributed by atoms with Gasteiger partial charge < -0.3 is 4.74 Å². The van der Waals surface area contributed by atoms with Crippen molar-refractivity contribution < 1.29 is 4.74 Å². The summed E-state index contributed by atoms with van der Waals surface area (Å²) in [5.41, 5.74) is 0.271. The van der Waals surface area contributed by atoms with Gasteiger partial charge in [0.05, 0.1) is 5.60 Å². The van der Waals surface area contributed by atoms with E-state index in [1.54, 1.807) is 0 Å². The van der Waals surface area contributed by atoms with E-state index in [9.17, 15) is 0 Å². The van der Waals surface area contributed by atoms with E-state index in [4.69, 9.17) is 4.74 Å². The molecule has 2 aliphatic rings. The third kappa shape index (κ3) is 3.87. The first-order chi connectivity index (χ1) is 8.11. The zero-order chi connectivity index (χ0) is 12.3. The summed E-state index contributed by atoms with van der Waals surface area (Å²) in [5, 5.41) is 0. The second kappa shape index (κ2) is 6.29. The summed E-state index contributed by atoms with van der Waals surface area (Å²) in [5.74, 6) is 4.21. The third-order valence-corrected chi connectivity index (χ3v) is 6.97. The van der Waals surface area contributed by atoms with Crippen molar-refractivity contribution in [2.24, 2.45) is 11.8 Å². The average Bonchev–Trinajstić information content (AvgIpc) is 2.74. The van der Waals surface area contributed by atoms with E-state index >= 15 is 0 Å². The van der Waals surface area contributed by atoms with Crippen LogP contribution in [-0.4, -0.2) is 28.5 Å². The van der Waals surface area contributed by atoms with Crippen LogP contribution in [-0.2, 0) is 4.74 Å². The molecule has 3 heteroatoms. The van der Waals surface area contributed by atoms with E-state index < -0.39 is 0 Å². The quantitative estimate of drug-likeness (QED) is 0.706. The van der Waals surface area contributed by atoms with E-state index in [1.807, 2.05) is 0 Å². The first-order valence-electron chi connectivity index (χ1n) is 6.97. The summed E-state index contributed by atoms with van der Waals surface area (Å²) in [6.45, 7) is 5.61. The van der Waals surface area contributed by atoms with E-state index in [1.165, 1.54) is 43.6 Å². The normalized spacial score (nSPS) is 35.6. The highest BCUT2D eigenvalue weighted by Gasteiger charge is 2.40. The summed E-state index contributed by atoms with van der Waals surface area (Å²) >= 11 is 5.89. The van der Waals surface area contributed by atoms with Crippen molar-refractivity contribution in [3.63, 3.8) is 0 Å². The van der Waals surface area contributed by atoms with Crippen LogP contribution in [0.15, 0.2) is 0 Å². The van der Waals surface area contributed by atoms with E-state index in [0.29, 0.717) is 4.83 Å². The zero-order valence-corrected chi connectivity index (χ0v) is 13.5. The SMILES string of the molecule is CC(C)C(Br)CCC1CCOC2(CCSC2)C1. The Morgan fingerprint density at radius 3 is 2.94 bits per heavy atom. The van der Waals surface area contributed by atoms with Gasteiger partial charge in [0.15, 0.2) is 0 Å². The molecule has 1 nitrogen and oxygen atoms in total. The minimum atomic E-state index is 0.271. The maximum Gasteiger partial charge on any atom is 0.0783 e. The Bertz CT molecular complexity index is 238. The molecule has 3 unspecified atom stereocenters. The van der Waals surface area contributed by atoms with Gasteiger partial charge in [-0.1, -0.05) is 29.8 Å². The molecule has 0 amide bonds. The summed E-state index contributed by atoms with van der Waals surface area (Å²) in [4.78, 5) is 0.694. The molecule has 2 saturated heterocycles. The lowest BCUT2D eigenvalue weighted by Crippen LogP contribution is -2.40. The van der Waals surface area contributed by atoms with Gasteiger partial charge in [-0.3, -0.25) is 0 Å². The molecule has 2 rings (SSSR count). The lowest BCUT2D eigenvalue weighted by atomic mass is 9.82. The highest BCUT2D eigenvalue weighted by atomic mass is 79.9. The molecule has 17 heavy (non-hydrogen) atoms. The number of thioether (sulfide) groups is 1. The summed E-state index contributed by atoms with van der Waals surface area (Å²) in [6, 6.07) is 0. The lowest BCUT2D eigenvalue weighted by molar-refractivity contribution is -0.0807. The predicted octanol–water partition coefficient (Wildman–Crippen LogP) is 4.49. The zero-order valence-electron chi connectivity index (χ0n) is 11.1. The Morgan fingerprint density at radius 1 is 1.47 bits per heavy atom. The molecule has 100 valence electrons. The number of rotatable bonds is 4. The van der Waals surface area contributed by atoms with E-state index in [2.05, 4.69) is 41.5 Å². The van der Waals surface area contributed by atoms with Crippen molar-refractivity contribution in [2.45, 2.75) is 56.4 Å². The summed E-state index contributed by atoms with van der Waals surface area (Å²) < 4.78 is 6.08. The van der Waals surface area contributed by atoms with Gasteiger partial charge in [0.25, 0.3) is 0 Å². The smallest absolute Gasteiger partial charge is 0.0783 e. The van der Waals surface area contributed by atoms with Gasteiger partial charge in [-0.05, 0) is 49.7 Å². The molecule has 0 aliphatic carbocycles. The molecular formula is C14H25BrOS. The maximum atomic E-state index is 6.08. The second-order valence-corrected chi connectivity index (χ2v) is 8.31. The minimum absolute atomic E-state index is 0.271. The first-order valence-corrected chi connectivity index (χ1v) is 9.04. The summed E-state index contributed by atoms with van der Waals surface area (Å²) in [6.07, 6.45) is 6.59. The maximum absolute atomic E-state index is 6.08. The number of ether oxygens (including phenoxy) is 1. The fourth-order valence-electron chi connectivity index (χ4n) is 2.97. The van der Waals surface area contributed by atoms with Crippen LogP contribution in [0.4, 0.5) is 0 Å². The van der Waals surface area contributed by atoms with Gasteiger partial charge in [-0.2, -0.15) is 11.8 Å². The second-order valence-electron chi connectivity index (χ2n) is 6.03. The van der Waals surface area contributed by atoms with E-state index in [0.717, 1.165) is 18.4 Å². The summed E-state index contributed by atoms with van der Waals surface area (Å²) in [7, 11) is 0. The molecule has 0 radical (unpaired) electrons. The van der Waals surface area contributed by atoms with Crippen LogP contribution in [0.2, 0.25) is 0 Å². The van der Waals surface area contributed by atoms with Crippen molar-refractivity contribution in [3.05, 3.63) is 0 Å². The molecule has 0 aromatic heterocycles. The molecule has 0 bridgehead atoms. The van der Waals surface area contributed by atoms with Gasteiger partial charge >= 0.3 is 0 Å². The van der Waals surface area contributed by atoms with Crippen molar-refractivity contribution in [2.75, 3.05) is 18.1 Å². The number of alkyl halides is 1. The Labute approximate surface area is 119 Å². The first kappa shape index (κ1) is 14.2. The fraction of sp³-hybridized carbons (Fsp3) is 1.00. The lowest BCUT2D eigenvalue weighted by Gasteiger charge is -2.38. The van der Waals surface area contributed by atoms with Crippen LogP contribution >= 0.6 is 27.7 Å². The molecule has 1 spiro atoms. The van der Waals surface area contributed by atoms with Crippen molar-refractivity contribution >= 4 is 27.7 Å². The Balaban J connectivity index is 1.77. The van der Waals surface area contributed by atoms with Crippen molar-refractivity contribution in [1.82, 2.24) is 0 Å². The molecule has 0 aromatic carbocycles. The van der Waals surface area contributed by atoms with Crippen LogP contribution < -0.4 is 0 Å². The van der Waals surface area contributed by atoms with Crippen molar-refractivity contribution in [3.8, 4) is 0 Å². The highest BCUT2D eigenvalue weighted by molar-refractivity contribution is 9.09. The molecule has 0 N–H and O–H groups in total. The molecule has 0 aromatic rings. The monoisotopic (exact) mass is 320 g/mol. The van der Waals surface area contributed by atoms with Crippen LogP contribution in [0.25, 0.3) is 0 Å². The highest BCUT2D eigenvalue weighted by Crippen LogP contribution is 2.42. The fourth-order valence-corrected chi connectivity index (χ4v) is 4.61. The van der Waals surface area contributed by atoms with Crippen LogP contribution in [0.5, 0.6) is 0 Å². The number of halogens is 1. The predicted molar refractivity (Wildman–Crippen MR) is 80.1 cm³/mol. The van der Waals surface area contributed by atoms with Crippen molar-refractivity contribution in [1.29, 1.82) is 0 Å². The average molecular weight is 321 g/mol. The Kier molecular flexibility index (Phi) is 5.26. The van der Waals surface area contributed by atoms with Crippen LogP contribution in [0.1, 0.15) is 46.0 Å². The standard InChI is InChI=1S/C14H25BrOS/c1-11(2)13(15)4-3-12-5-7-16-14(9-12)6-8-17-10-14/h11-13H,3-10H2,1-2H3. The molecule has 0 saturated carbocycles. The topological polar surface area (TPSA) is 9.23 Å². The minimum Gasteiger partial charge on any atom is -0.374 e. The molecular weight excluding hydrogens is 296 g/mol. The largest absolute Gasteiger partial charge is 0.374 e. The van der Waals surface area contributed by atoms with Gasteiger partial charge in [-0.25, -0.2) is 0 Å². The van der Waals surface area contributed by atoms with Gasteiger partial charge in [0, 0.05) is 17.2 Å². The molecule has 3 atom stereocenters. The Morgan fingerprint density at radius 2 is 2.29 bits per heavy atom. The molecule has 2 heterocycles. The number of hydrogen-bond donors (Lipinski definition) is 0. The van der Waals surface area contributed by atoms with Crippen LogP contribution in [0, 0.1) is 11.8 Å². The number of hydrogen-bond acceptors (Lipinski definition) is 2. The Hall–Kier alpha value is 0.790. The molecule has 2 aliphatic heterocycles.